The number of pyridine rings is 1. The van der Waals surface area contributed by atoms with E-state index < -0.39 is 0 Å². The quantitative estimate of drug-likeness (QED) is 0.822. The number of hydrogen-bond donors (Lipinski definition) is 1. The van der Waals surface area contributed by atoms with E-state index in [0.29, 0.717) is 17.5 Å². The summed E-state index contributed by atoms with van der Waals surface area (Å²) in [6.45, 7) is 3.41. The summed E-state index contributed by atoms with van der Waals surface area (Å²) in [4.78, 5) is 18.4. The zero-order chi connectivity index (χ0) is 11.7. The largest absolute Gasteiger partial charge is 0.348 e. The van der Waals surface area contributed by atoms with Crippen LogP contribution >= 0.6 is 0 Å². The molecule has 1 N–H and O–H groups in total. The summed E-state index contributed by atoms with van der Waals surface area (Å²) >= 11 is 0. The molecule has 0 aliphatic carbocycles. The summed E-state index contributed by atoms with van der Waals surface area (Å²) in [6.07, 6.45) is 5.75. The van der Waals surface area contributed by atoms with Crippen molar-refractivity contribution in [3.63, 3.8) is 0 Å². The molecule has 1 aromatic heterocycles. The topological polar surface area (TPSA) is 45.2 Å². The molecule has 0 radical (unpaired) electrons. The number of carbonyl (C=O) groups is 1. The maximum atomic E-state index is 12.0. The van der Waals surface area contributed by atoms with Gasteiger partial charge in [-0.3, -0.25) is 9.78 Å². The maximum absolute atomic E-state index is 12.0. The van der Waals surface area contributed by atoms with E-state index in [1.165, 1.54) is 25.9 Å². The molecule has 0 spiro atoms. The van der Waals surface area contributed by atoms with Gasteiger partial charge >= 0.3 is 0 Å². The van der Waals surface area contributed by atoms with Gasteiger partial charge in [-0.15, -0.1) is 0 Å². The van der Waals surface area contributed by atoms with Gasteiger partial charge in [-0.25, -0.2) is 0 Å². The summed E-state index contributed by atoms with van der Waals surface area (Å²) in [7, 11) is 0. The molecule has 1 unspecified atom stereocenters. The minimum absolute atomic E-state index is 0.0110. The summed E-state index contributed by atoms with van der Waals surface area (Å²) in [5.41, 5.74) is 0.656. The fourth-order valence-corrected chi connectivity index (χ4v) is 2.88. The smallest absolute Gasteiger partial charge is 0.253 e. The van der Waals surface area contributed by atoms with E-state index in [1.54, 1.807) is 18.5 Å². The molecule has 0 aromatic carbocycles. The third-order valence-electron chi connectivity index (χ3n) is 3.90. The Kier molecular flexibility index (Phi) is 2.81. The maximum Gasteiger partial charge on any atom is 0.253 e. The Labute approximate surface area is 101 Å². The van der Waals surface area contributed by atoms with Crippen molar-refractivity contribution in [3.8, 4) is 0 Å². The molecule has 4 nitrogen and oxygen atoms in total. The van der Waals surface area contributed by atoms with Gasteiger partial charge in [-0.05, 0) is 44.0 Å². The van der Waals surface area contributed by atoms with Gasteiger partial charge in [-0.1, -0.05) is 0 Å². The monoisotopic (exact) mass is 231 g/mol. The third kappa shape index (κ3) is 2.17. The van der Waals surface area contributed by atoms with Crippen molar-refractivity contribution < 1.29 is 4.79 Å². The number of nitrogens with one attached hydrogen (secondary N) is 1. The fourth-order valence-electron chi connectivity index (χ4n) is 2.88. The molecule has 4 heteroatoms. The third-order valence-corrected chi connectivity index (χ3v) is 3.90. The molecule has 4 heterocycles. The first-order chi connectivity index (χ1) is 8.33. The average Bonchev–Trinajstić information content (AvgIpc) is 2.41. The number of aromatic nitrogens is 1. The first kappa shape index (κ1) is 10.7. The second kappa shape index (κ2) is 4.45. The number of hydrogen-bond acceptors (Lipinski definition) is 3. The minimum atomic E-state index is 0.0110. The van der Waals surface area contributed by atoms with Gasteiger partial charge in [0.1, 0.15) is 0 Å². The second-order valence-corrected chi connectivity index (χ2v) is 4.96. The Morgan fingerprint density at radius 2 is 2.24 bits per heavy atom. The molecular formula is C13H17N3O. The predicted molar refractivity (Wildman–Crippen MR) is 64.7 cm³/mol. The highest BCUT2D eigenvalue weighted by molar-refractivity contribution is 5.94. The van der Waals surface area contributed by atoms with Crippen molar-refractivity contribution in [3.05, 3.63) is 30.1 Å². The zero-order valence-corrected chi connectivity index (χ0v) is 9.80. The average molecular weight is 231 g/mol. The number of fused-ring (bicyclic) bond motifs is 3. The van der Waals surface area contributed by atoms with Gasteiger partial charge in [0, 0.05) is 25.0 Å². The molecular weight excluding hydrogens is 214 g/mol. The van der Waals surface area contributed by atoms with E-state index in [1.807, 2.05) is 6.07 Å². The Morgan fingerprint density at radius 1 is 1.41 bits per heavy atom. The van der Waals surface area contributed by atoms with Gasteiger partial charge in [0.05, 0.1) is 5.56 Å². The lowest BCUT2D eigenvalue weighted by Gasteiger charge is -2.44. The van der Waals surface area contributed by atoms with Crippen LogP contribution in [0.25, 0.3) is 0 Å². The highest BCUT2D eigenvalue weighted by atomic mass is 16.1. The predicted octanol–water partition coefficient (Wildman–Crippen LogP) is 0.906. The SMILES string of the molecule is O=C(NC1CN2CCC1CC2)c1cccnc1. The molecule has 2 bridgehead atoms. The Morgan fingerprint density at radius 3 is 2.82 bits per heavy atom. The van der Waals surface area contributed by atoms with Crippen LogP contribution in [0, 0.1) is 5.92 Å². The molecule has 1 amide bonds. The number of piperidine rings is 3. The second-order valence-electron chi connectivity index (χ2n) is 4.96. The molecule has 90 valence electrons. The Hall–Kier alpha value is -1.42. The molecule has 0 saturated carbocycles. The lowest BCUT2D eigenvalue weighted by molar-refractivity contribution is 0.0620. The van der Waals surface area contributed by atoms with Crippen molar-refractivity contribution in [2.24, 2.45) is 5.92 Å². The van der Waals surface area contributed by atoms with E-state index in [9.17, 15) is 4.79 Å². The van der Waals surface area contributed by atoms with Crippen molar-refractivity contribution in [1.29, 1.82) is 0 Å². The van der Waals surface area contributed by atoms with Crippen LogP contribution in [0.1, 0.15) is 23.2 Å². The van der Waals surface area contributed by atoms with Crippen LogP contribution in [0.2, 0.25) is 0 Å². The molecule has 3 fully saturated rings. The summed E-state index contributed by atoms with van der Waals surface area (Å²) in [6, 6.07) is 3.93. The summed E-state index contributed by atoms with van der Waals surface area (Å²) < 4.78 is 0. The van der Waals surface area contributed by atoms with Gasteiger partial charge < -0.3 is 10.2 Å². The van der Waals surface area contributed by atoms with Crippen molar-refractivity contribution >= 4 is 5.91 Å². The van der Waals surface area contributed by atoms with E-state index in [-0.39, 0.29) is 5.91 Å². The van der Waals surface area contributed by atoms with Crippen LogP contribution in [-0.2, 0) is 0 Å². The lowest BCUT2D eigenvalue weighted by Crippen LogP contribution is -2.57. The van der Waals surface area contributed by atoms with Crippen molar-refractivity contribution in [1.82, 2.24) is 15.2 Å². The van der Waals surface area contributed by atoms with Crippen molar-refractivity contribution in [2.75, 3.05) is 19.6 Å². The molecule has 1 aromatic rings. The van der Waals surface area contributed by atoms with E-state index in [2.05, 4.69) is 15.2 Å². The number of carbonyl (C=O) groups excluding carboxylic acids is 1. The van der Waals surface area contributed by atoms with Gasteiger partial charge in [0.2, 0.25) is 0 Å². The molecule has 17 heavy (non-hydrogen) atoms. The van der Waals surface area contributed by atoms with Crippen LogP contribution in [0.4, 0.5) is 0 Å². The minimum Gasteiger partial charge on any atom is -0.348 e. The van der Waals surface area contributed by atoms with E-state index in [4.69, 9.17) is 0 Å². The molecule has 4 rings (SSSR count). The molecule has 3 saturated heterocycles. The Bertz CT molecular complexity index is 398. The van der Waals surface area contributed by atoms with Crippen LogP contribution < -0.4 is 5.32 Å². The van der Waals surface area contributed by atoms with Crippen LogP contribution in [-0.4, -0.2) is 41.5 Å². The van der Waals surface area contributed by atoms with Crippen LogP contribution in [0.5, 0.6) is 0 Å². The first-order valence-corrected chi connectivity index (χ1v) is 6.26. The van der Waals surface area contributed by atoms with E-state index >= 15 is 0 Å². The van der Waals surface area contributed by atoms with Gasteiger partial charge in [0.25, 0.3) is 5.91 Å². The van der Waals surface area contributed by atoms with E-state index in [0.717, 1.165) is 6.54 Å². The Balaban J connectivity index is 1.66. The lowest BCUT2D eigenvalue weighted by atomic mass is 9.84. The molecule has 1 atom stereocenters. The standard InChI is InChI=1S/C13H17N3O/c17-13(11-2-1-5-14-8-11)15-12-9-16-6-3-10(12)4-7-16/h1-2,5,8,10,12H,3-4,6-7,9H2,(H,15,17). The molecule has 3 aliphatic heterocycles. The van der Waals surface area contributed by atoms with Crippen LogP contribution in [0.15, 0.2) is 24.5 Å². The van der Waals surface area contributed by atoms with Crippen LogP contribution in [0.3, 0.4) is 0 Å². The van der Waals surface area contributed by atoms with Gasteiger partial charge in [0.15, 0.2) is 0 Å². The number of amides is 1. The first-order valence-electron chi connectivity index (χ1n) is 6.26. The number of rotatable bonds is 2. The normalized spacial score (nSPS) is 31.2. The summed E-state index contributed by atoms with van der Waals surface area (Å²) in [5, 5.41) is 3.15. The zero-order valence-electron chi connectivity index (χ0n) is 9.80. The fraction of sp³-hybridized carbons (Fsp3) is 0.538. The molecule has 3 aliphatic rings. The van der Waals surface area contributed by atoms with Gasteiger partial charge in [-0.2, -0.15) is 0 Å². The highest BCUT2D eigenvalue weighted by Crippen LogP contribution is 2.27. The summed E-state index contributed by atoms with van der Waals surface area (Å²) in [5.74, 6) is 0.678. The number of nitrogens with zero attached hydrogens (tertiary/aromatic N) is 2. The highest BCUT2D eigenvalue weighted by Gasteiger charge is 2.34. The van der Waals surface area contributed by atoms with Crippen molar-refractivity contribution in [2.45, 2.75) is 18.9 Å².